The molecule has 0 heterocycles. The van der Waals surface area contributed by atoms with E-state index in [1.54, 1.807) is 12.1 Å². The summed E-state index contributed by atoms with van der Waals surface area (Å²) in [7, 11) is 0. The summed E-state index contributed by atoms with van der Waals surface area (Å²) in [4.78, 5) is 11.2. The van der Waals surface area contributed by atoms with E-state index in [-0.39, 0.29) is 17.4 Å². The Morgan fingerprint density at radius 1 is 1.43 bits per heavy atom. The lowest BCUT2D eigenvalue weighted by Crippen LogP contribution is -2.34. The highest BCUT2D eigenvalue weighted by Gasteiger charge is 2.30. The lowest BCUT2D eigenvalue weighted by Gasteiger charge is -2.28. The third-order valence-electron chi connectivity index (χ3n) is 4.15. The molecule has 2 unspecified atom stereocenters. The molecule has 2 rings (SSSR count). The fourth-order valence-electron chi connectivity index (χ4n) is 2.97. The Kier molecular flexibility index (Phi) is 5.29. The highest BCUT2D eigenvalue weighted by molar-refractivity contribution is 5.70. The molecular formula is C16H19FN2O2. The SMILES string of the molecule is N#Cc1cccc(CNCC2CCCCC2C(=O)O)c1F. The lowest BCUT2D eigenvalue weighted by molar-refractivity contribution is -0.144. The molecule has 0 radical (unpaired) electrons. The fourth-order valence-corrected chi connectivity index (χ4v) is 2.97. The molecule has 1 aromatic rings. The van der Waals surface area contributed by atoms with Gasteiger partial charge in [0.05, 0.1) is 11.5 Å². The van der Waals surface area contributed by atoms with Gasteiger partial charge in [-0.3, -0.25) is 4.79 Å². The molecule has 0 aliphatic heterocycles. The first-order valence-corrected chi connectivity index (χ1v) is 7.24. The van der Waals surface area contributed by atoms with E-state index in [9.17, 15) is 14.3 Å². The Labute approximate surface area is 123 Å². The van der Waals surface area contributed by atoms with Crippen LogP contribution in [0.2, 0.25) is 0 Å². The lowest BCUT2D eigenvalue weighted by atomic mass is 9.79. The van der Waals surface area contributed by atoms with Crippen LogP contribution < -0.4 is 5.32 Å². The van der Waals surface area contributed by atoms with Gasteiger partial charge in [-0.25, -0.2) is 4.39 Å². The smallest absolute Gasteiger partial charge is 0.306 e. The minimum atomic E-state index is -0.737. The van der Waals surface area contributed by atoms with E-state index in [1.165, 1.54) is 6.07 Å². The average Bonchev–Trinajstić information content (AvgIpc) is 2.49. The van der Waals surface area contributed by atoms with Gasteiger partial charge in [0.25, 0.3) is 0 Å². The van der Waals surface area contributed by atoms with Crippen molar-refractivity contribution in [3.8, 4) is 6.07 Å². The first-order chi connectivity index (χ1) is 10.1. The van der Waals surface area contributed by atoms with Crippen molar-refractivity contribution in [2.75, 3.05) is 6.54 Å². The Morgan fingerprint density at radius 2 is 2.19 bits per heavy atom. The topological polar surface area (TPSA) is 73.1 Å². The molecule has 0 spiro atoms. The van der Waals surface area contributed by atoms with Crippen LogP contribution in [-0.2, 0) is 11.3 Å². The molecule has 1 aliphatic rings. The maximum Gasteiger partial charge on any atom is 0.306 e. The third kappa shape index (κ3) is 3.79. The van der Waals surface area contributed by atoms with Crippen molar-refractivity contribution < 1.29 is 14.3 Å². The molecule has 0 amide bonds. The van der Waals surface area contributed by atoms with Gasteiger partial charge < -0.3 is 10.4 Å². The summed E-state index contributed by atoms with van der Waals surface area (Å²) in [5, 5.41) is 21.1. The van der Waals surface area contributed by atoms with Crippen LogP contribution in [0.25, 0.3) is 0 Å². The normalized spacial score (nSPS) is 21.7. The number of carboxylic acids is 1. The van der Waals surface area contributed by atoms with Crippen LogP contribution >= 0.6 is 0 Å². The van der Waals surface area contributed by atoms with Crippen LogP contribution in [0.15, 0.2) is 18.2 Å². The van der Waals surface area contributed by atoms with Gasteiger partial charge in [0, 0.05) is 12.1 Å². The molecule has 1 aromatic carbocycles. The van der Waals surface area contributed by atoms with E-state index in [0.717, 1.165) is 25.7 Å². The van der Waals surface area contributed by atoms with Gasteiger partial charge in [0.1, 0.15) is 11.9 Å². The molecule has 0 saturated heterocycles. The third-order valence-corrected chi connectivity index (χ3v) is 4.15. The van der Waals surface area contributed by atoms with Crippen molar-refractivity contribution >= 4 is 5.97 Å². The van der Waals surface area contributed by atoms with E-state index >= 15 is 0 Å². The van der Waals surface area contributed by atoms with Gasteiger partial charge in [-0.15, -0.1) is 0 Å². The van der Waals surface area contributed by atoms with Gasteiger partial charge in [0.15, 0.2) is 0 Å². The number of rotatable bonds is 5. The summed E-state index contributed by atoms with van der Waals surface area (Å²) < 4.78 is 13.9. The predicted octanol–water partition coefficient (Wildman–Crippen LogP) is 2.68. The summed E-state index contributed by atoms with van der Waals surface area (Å²) in [5.41, 5.74) is 0.479. The van der Waals surface area contributed by atoms with Crippen LogP contribution in [0.3, 0.4) is 0 Å². The minimum Gasteiger partial charge on any atom is -0.481 e. The summed E-state index contributed by atoms with van der Waals surface area (Å²) in [6, 6.07) is 6.55. The molecule has 2 atom stereocenters. The van der Waals surface area contributed by atoms with Gasteiger partial charge in [-0.05, 0) is 31.4 Å². The Bertz CT molecular complexity index is 554. The first kappa shape index (κ1) is 15.5. The predicted molar refractivity (Wildman–Crippen MR) is 75.9 cm³/mol. The Balaban J connectivity index is 1.92. The summed E-state index contributed by atoms with van der Waals surface area (Å²) in [5.74, 6) is -1.44. The van der Waals surface area contributed by atoms with Crippen LogP contribution in [-0.4, -0.2) is 17.6 Å². The zero-order chi connectivity index (χ0) is 15.2. The molecule has 1 aliphatic carbocycles. The van der Waals surface area contributed by atoms with Gasteiger partial charge in [-0.2, -0.15) is 5.26 Å². The summed E-state index contributed by atoms with van der Waals surface area (Å²) >= 11 is 0. The first-order valence-electron chi connectivity index (χ1n) is 7.24. The number of carboxylic acid groups (broad SMARTS) is 1. The maximum absolute atomic E-state index is 13.9. The standard InChI is InChI=1S/C16H19FN2O2/c17-15-11(8-18)5-3-6-13(15)10-19-9-12-4-1-2-7-14(12)16(20)21/h3,5-6,12,14,19H,1-2,4,7,9-10H2,(H,20,21). The molecule has 21 heavy (non-hydrogen) atoms. The van der Waals surface area contributed by atoms with Gasteiger partial charge >= 0.3 is 5.97 Å². The van der Waals surface area contributed by atoms with Gasteiger partial charge in [0.2, 0.25) is 0 Å². The quantitative estimate of drug-likeness (QED) is 0.874. The number of hydrogen-bond donors (Lipinski definition) is 2. The highest BCUT2D eigenvalue weighted by Crippen LogP contribution is 2.29. The fraction of sp³-hybridized carbons (Fsp3) is 0.500. The molecule has 112 valence electrons. The molecule has 1 saturated carbocycles. The van der Waals surface area contributed by atoms with Crippen molar-refractivity contribution in [2.24, 2.45) is 11.8 Å². The number of nitrogens with one attached hydrogen (secondary N) is 1. The zero-order valence-electron chi connectivity index (χ0n) is 11.8. The number of nitrogens with zero attached hydrogens (tertiary/aromatic N) is 1. The molecule has 0 bridgehead atoms. The van der Waals surface area contributed by atoms with Crippen molar-refractivity contribution in [3.05, 3.63) is 35.1 Å². The molecule has 0 aromatic heterocycles. The molecule has 5 heteroatoms. The average molecular weight is 290 g/mol. The van der Waals surface area contributed by atoms with Gasteiger partial charge in [-0.1, -0.05) is 25.0 Å². The zero-order valence-corrected chi connectivity index (χ0v) is 11.8. The van der Waals surface area contributed by atoms with E-state index in [2.05, 4.69) is 5.32 Å². The van der Waals surface area contributed by atoms with Crippen molar-refractivity contribution in [2.45, 2.75) is 32.2 Å². The molecule has 1 fully saturated rings. The second-order valence-corrected chi connectivity index (χ2v) is 5.51. The number of carbonyl (C=O) groups is 1. The van der Waals surface area contributed by atoms with E-state index < -0.39 is 11.8 Å². The molecule has 2 N–H and O–H groups in total. The Hall–Kier alpha value is -1.93. The van der Waals surface area contributed by atoms with E-state index in [0.29, 0.717) is 18.7 Å². The van der Waals surface area contributed by atoms with Crippen molar-refractivity contribution in [1.29, 1.82) is 5.26 Å². The number of benzene rings is 1. The second kappa shape index (κ2) is 7.19. The largest absolute Gasteiger partial charge is 0.481 e. The van der Waals surface area contributed by atoms with Crippen molar-refractivity contribution in [3.63, 3.8) is 0 Å². The number of nitriles is 1. The molecular weight excluding hydrogens is 271 g/mol. The Morgan fingerprint density at radius 3 is 2.90 bits per heavy atom. The van der Waals surface area contributed by atoms with Crippen LogP contribution in [0.5, 0.6) is 0 Å². The monoisotopic (exact) mass is 290 g/mol. The summed E-state index contributed by atoms with van der Waals surface area (Å²) in [6.45, 7) is 0.872. The van der Waals surface area contributed by atoms with Crippen LogP contribution in [0.4, 0.5) is 4.39 Å². The van der Waals surface area contributed by atoms with Crippen LogP contribution in [0.1, 0.15) is 36.8 Å². The maximum atomic E-state index is 13.9. The number of aliphatic carboxylic acids is 1. The minimum absolute atomic E-state index is 0.0374. The van der Waals surface area contributed by atoms with Crippen molar-refractivity contribution in [1.82, 2.24) is 5.32 Å². The van der Waals surface area contributed by atoms with E-state index in [4.69, 9.17) is 5.26 Å². The molecule has 4 nitrogen and oxygen atoms in total. The summed E-state index contributed by atoms with van der Waals surface area (Å²) in [6.07, 6.45) is 3.63. The second-order valence-electron chi connectivity index (χ2n) is 5.51. The highest BCUT2D eigenvalue weighted by atomic mass is 19.1. The van der Waals surface area contributed by atoms with Crippen LogP contribution in [0, 0.1) is 29.0 Å². The number of halogens is 1. The number of hydrogen-bond acceptors (Lipinski definition) is 3. The van der Waals surface area contributed by atoms with E-state index in [1.807, 2.05) is 6.07 Å².